The number of carbonyl (C=O) groups is 2. The van der Waals surface area contributed by atoms with Crippen molar-refractivity contribution in [3.05, 3.63) is 64.5 Å². The number of rotatable bonds is 5. The molecule has 1 aliphatic heterocycles. The van der Waals surface area contributed by atoms with E-state index < -0.39 is 23.3 Å². The van der Waals surface area contributed by atoms with Gasteiger partial charge in [0.05, 0.1) is 11.3 Å². The lowest BCUT2D eigenvalue weighted by Crippen LogP contribution is -2.43. The van der Waals surface area contributed by atoms with Crippen LogP contribution in [0.25, 0.3) is 11.3 Å². The monoisotopic (exact) mass is 519 g/mol. The molecule has 2 amide bonds. The summed E-state index contributed by atoms with van der Waals surface area (Å²) in [5, 5.41) is 11.4. The van der Waals surface area contributed by atoms with E-state index in [0.29, 0.717) is 41.6 Å². The summed E-state index contributed by atoms with van der Waals surface area (Å²) in [4.78, 5) is 32.0. The molecule has 0 saturated heterocycles. The van der Waals surface area contributed by atoms with Gasteiger partial charge in [-0.05, 0) is 55.7 Å². The van der Waals surface area contributed by atoms with Crippen molar-refractivity contribution in [3.8, 4) is 17.0 Å². The molecular weight excluding hydrogens is 495 g/mol. The van der Waals surface area contributed by atoms with Crippen molar-refractivity contribution >= 4 is 28.5 Å². The summed E-state index contributed by atoms with van der Waals surface area (Å²) in [6.45, 7) is 3.79. The molecule has 0 aliphatic carbocycles. The van der Waals surface area contributed by atoms with Gasteiger partial charge in [-0.3, -0.25) is 4.90 Å². The molecule has 0 bridgehead atoms. The van der Waals surface area contributed by atoms with Gasteiger partial charge in [0.1, 0.15) is 5.75 Å². The topological polar surface area (TPSA) is 83.0 Å². The van der Waals surface area contributed by atoms with E-state index in [-0.39, 0.29) is 6.03 Å². The van der Waals surface area contributed by atoms with Crippen LogP contribution in [0.15, 0.2) is 47.8 Å². The Balaban J connectivity index is 1.43. The van der Waals surface area contributed by atoms with E-state index in [1.165, 1.54) is 42.2 Å². The van der Waals surface area contributed by atoms with E-state index in [0.717, 1.165) is 23.3 Å². The lowest BCUT2D eigenvalue weighted by molar-refractivity contribution is -0.152. The number of amides is 2. The van der Waals surface area contributed by atoms with Crippen molar-refractivity contribution in [3.63, 3.8) is 0 Å². The quantitative estimate of drug-likeness (QED) is 0.469. The number of ether oxygens (including phenoxy) is 1. The normalized spacial score (nSPS) is 13.8. The van der Waals surface area contributed by atoms with E-state index in [9.17, 15) is 27.9 Å². The van der Waals surface area contributed by atoms with Crippen LogP contribution in [-0.2, 0) is 23.9 Å². The minimum atomic E-state index is -4.41. The van der Waals surface area contributed by atoms with Crippen molar-refractivity contribution in [2.45, 2.75) is 38.6 Å². The van der Waals surface area contributed by atoms with Gasteiger partial charge in [0.25, 0.3) is 0 Å². The van der Waals surface area contributed by atoms with E-state index in [1.54, 1.807) is 23.4 Å². The average Bonchev–Trinajstić information content (AvgIpc) is 3.32. The minimum Gasteiger partial charge on any atom is -0.478 e. The molecule has 2 heterocycles. The van der Waals surface area contributed by atoms with Crippen LogP contribution in [0.4, 0.5) is 23.1 Å². The molecule has 36 heavy (non-hydrogen) atoms. The first kappa shape index (κ1) is 25.5. The third-order valence-corrected chi connectivity index (χ3v) is 6.84. The first-order valence-corrected chi connectivity index (χ1v) is 11.9. The average molecular weight is 520 g/mol. The van der Waals surface area contributed by atoms with Crippen LogP contribution >= 0.6 is 11.3 Å². The van der Waals surface area contributed by atoms with Gasteiger partial charge in [0.2, 0.25) is 0 Å². The maximum atomic E-state index is 13.1. The highest BCUT2D eigenvalue weighted by Gasteiger charge is 2.31. The standard InChI is InChI=1S/C25H24F3N3O4S/c1-24(2,21(32)33)35-19-9-6-17-13-31(11-10-16(17)12-19)23(34)30(3)22-29-20(14-36-22)15-4-7-18(8-5-15)25(26,27)28/h4-9,12,14H,10-11,13H2,1-3H3,(H,32,33). The molecule has 4 rings (SSSR count). The molecule has 7 nitrogen and oxygen atoms in total. The SMILES string of the molecule is CN(C(=O)N1CCc2cc(OC(C)(C)C(=O)O)ccc2C1)c1nc(-c2ccc(C(F)(F)F)cc2)cs1. The molecule has 0 radical (unpaired) electrons. The molecule has 1 N–H and O–H groups in total. The molecule has 1 aliphatic rings. The fourth-order valence-electron chi connectivity index (χ4n) is 3.77. The predicted molar refractivity (Wildman–Crippen MR) is 129 cm³/mol. The lowest BCUT2D eigenvalue weighted by Gasteiger charge is -2.32. The Labute approximate surface area is 209 Å². The zero-order valence-electron chi connectivity index (χ0n) is 19.8. The highest BCUT2D eigenvalue weighted by Crippen LogP contribution is 2.33. The Bertz CT molecular complexity index is 1290. The molecule has 3 aromatic rings. The van der Waals surface area contributed by atoms with Gasteiger partial charge in [-0.15, -0.1) is 11.3 Å². The first-order chi connectivity index (χ1) is 16.8. The zero-order chi connectivity index (χ0) is 26.3. The lowest BCUT2D eigenvalue weighted by atomic mass is 9.99. The number of anilines is 1. The van der Waals surface area contributed by atoms with Gasteiger partial charge in [-0.25, -0.2) is 14.6 Å². The van der Waals surface area contributed by atoms with Crippen LogP contribution < -0.4 is 9.64 Å². The van der Waals surface area contributed by atoms with Gasteiger partial charge < -0.3 is 14.7 Å². The van der Waals surface area contributed by atoms with Crippen LogP contribution in [0.2, 0.25) is 0 Å². The van der Waals surface area contributed by atoms with Crippen molar-refractivity contribution in [1.29, 1.82) is 0 Å². The minimum absolute atomic E-state index is 0.249. The number of hydrogen-bond acceptors (Lipinski definition) is 5. The number of benzene rings is 2. The number of carboxylic acid groups (broad SMARTS) is 1. The smallest absolute Gasteiger partial charge is 0.416 e. The van der Waals surface area contributed by atoms with E-state index in [1.807, 2.05) is 12.1 Å². The van der Waals surface area contributed by atoms with Gasteiger partial charge >= 0.3 is 18.2 Å². The van der Waals surface area contributed by atoms with Crippen molar-refractivity contribution < 1.29 is 32.6 Å². The number of alkyl halides is 3. The maximum Gasteiger partial charge on any atom is 0.416 e. The number of carboxylic acids is 1. The number of hydrogen-bond donors (Lipinski definition) is 1. The van der Waals surface area contributed by atoms with Gasteiger partial charge in [-0.1, -0.05) is 18.2 Å². The largest absolute Gasteiger partial charge is 0.478 e. The maximum absolute atomic E-state index is 13.1. The van der Waals surface area contributed by atoms with Crippen molar-refractivity contribution in [1.82, 2.24) is 9.88 Å². The van der Waals surface area contributed by atoms with Crippen molar-refractivity contribution in [2.75, 3.05) is 18.5 Å². The summed E-state index contributed by atoms with van der Waals surface area (Å²) in [5.41, 5.74) is 0.850. The van der Waals surface area contributed by atoms with Gasteiger partial charge in [0, 0.05) is 31.1 Å². The fourth-order valence-corrected chi connectivity index (χ4v) is 4.56. The zero-order valence-corrected chi connectivity index (χ0v) is 20.6. The molecule has 0 saturated carbocycles. The summed E-state index contributed by atoms with van der Waals surface area (Å²) >= 11 is 1.23. The first-order valence-electron chi connectivity index (χ1n) is 11.0. The number of nitrogens with zero attached hydrogens (tertiary/aromatic N) is 3. The molecule has 2 aromatic carbocycles. The second-order valence-corrected chi connectivity index (χ2v) is 9.79. The van der Waals surface area contributed by atoms with Crippen LogP contribution in [0.5, 0.6) is 5.75 Å². The van der Waals surface area contributed by atoms with Crippen LogP contribution in [0.1, 0.15) is 30.5 Å². The molecule has 11 heteroatoms. The Morgan fingerprint density at radius 3 is 2.44 bits per heavy atom. The Hall–Kier alpha value is -3.60. The summed E-state index contributed by atoms with van der Waals surface area (Å²) < 4.78 is 44.1. The second-order valence-electron chi connectivity index (χ2n) is 8.95. The summed E-state index contributed by atoms with van der Waals surface area (Å²) in [6, 6.07) is 9.82. The highest BCUT2D eigenvalue weighted by molar-refractivity contribution is 7.14. The molecule has 1 aromatic heterocycles. The van der Waals surface area contributed by atoms with E-state index >= 15 is 0 Å². The van der Waals surface area contributed by atoms with Crippen LogP contribution in [-0.4, -0.2) is 46.2 Å². The van der Waals surface area contributed by atoms with E-state index in [2.05, 4.69) is 4.98 Å². The van der Waals surface area contributed by atoms with Crippen LogP contribution in [0.3, 0.4) is 0 Å². The molecular formula is C25H24F3N3O4S. The molecule has 0 fully saturated rings. The predicted octanol–water partition coefficient (Wildman–Crippen LogP) is 5.69. The molecule has 0 spiro atoms. The fraction of sp³-hybridized carbons (Fsp3) is 0.320. The molecule has 190 valence electrons. The Kier molecular flexibility index (Phi) is 6.70. The number of aliphatic carboxylic acids is 1. The van der Waals surface area contributed by atoms with Gasteiger partial charge in [0.15, 0.2) is 10.7 Å². The van der Waals surface area contributed by atoms with Gasteiger partial charge in [-0.2, -0.15) is 13.2 Å². The van der Waals surface area contributed by atoms with E-state index in [4.69, 9.17) is 4.74 Å². The number of urea groups is 1. The third-order valence-electron chi connectivity index (χ3n) is 5.92. The molecule has 0 unspecified atom stereocenters. The number of carbonyl (C=O) groups excluding carboxylic acids is 1. The Morgan fingerprint density at radius 2 is 1.81 bits per heavy atom. The second kappa shape index (κ2) is 9.45. The number of aromatic nitrogens is 1. The third kappa shape index (κ3) is 5.30. The Morgan fingerprint density at radius 1 is 1.11 bits per heavy atom. The summed E-state index contributed by atoms with van der Waals surface area (Å²) in [5.74, 6) is -0.611. The highest BCUT2D eigenvalue weighted by atomic mass is 32.1. The number of fused-ring (bicyclic) bond motifs is 1. The number of thiazole rings is 1. The summed E-state index contributed by atoms with van der Waals surface area (Å²) in [7, 11) is 1.61. The van der Waals surface area contributed by atoms with Crippen LogP contribution in [0, 0.1) is 0 Å². The molecule has 0 atom stereocenters. The summed E-state index contributed by atoms with van der Waals surface area (Å²) in [6.07, 6.45) is -3.83. The number of halogens is 3. The van der Waals surface area contributed by atoms with Crippen molar-refractivity contribution in [2.24, 2.45) is 0 Å².